The van der Waals surface area contributed by atoms with Gasteiger partial charge in [0.05, 0.1) is 51.8 Å². The van der Waals surface area contributed by atoms with Crippen molar-refractivity contribution >= 4 is 0 Å². The topological polar surface area (TPSA) is 545 Å². The van der Waals surface area contributed by atoms with E-state index < -0.39 is 267 Å². The number of ether oxygens (including phenoxy) is 13. The van der Waals surface area contributed by atoms with E-state index in [4.69, 9.17) is 61.6 Å². The third-order valence-corrected chi connectivity index (χ3v) is 16.3. The minimum atomic E-state index is -2.20. The molecule has 472 valence electrons. The van der Waals surface area contributed by atoms with Crippen LogP contribution in [0.5, 0.6) is 0 Å². The SMILES string of the molecule is C1CCC1.OCC1CC2OC3C(CO)OC(OC4C(CO)OC(OC5C(CO)OC(OC6C(CO)OC(OC7C(CO)OC(OC8C(CO)OC(OC1C(O)C2O)C(O)C8O)C(O)C7O)C(O)C6O)C(O)C5O)C(O)C4O)C(O)C3O. The Morgan fingerprint density at radius 2 is 0.407 bits per heavy atom. The lowest BCUT2D eigenvalue weighted by atomic mass is 9.80. The molecule has 0 spiro atoms. The molecule has 22 aliphatic rings. The summed E-state index contributed by atoms with van der Waals surface area (Å²) in [5, 5.41) is 231. The van der Waals surface area contributed by atoms with Gasteiger partial charge in [0.25, 0.3) is 0 Å². The molecule has 0 aromatic rings. The van der Waals surface area contributed by atoms with Gasteiger partial charge in [-0.15, -0.1) is 0 Å². The molecule has 2 saturated carbocycles. The van der Waals surface area contributed by atoms with Gasteiger partial charge in [-0.05, 0) is 6.42 Å². The van der Waals surface area contributed by atoms with E-state index in [-0.39, 0.29) is 0 Å². The molecular weight excluding hydrogens is 1110 g/mol. The van der Waals surface area contributed by atoms with Gasteiger partial charge in [-0.1, -0.05) is 25.7 Å². The van der Waals surface area contributed by atoms with Crippen LogP contribution >= 0.6 is 0 Å². The molecule has 0 aromatic heterocycles. The van der Waals surface area contributed by atoms with E-state index in [1.807, 2.05) is 0 Å². The van der Waals surface area contributed by atoms with Crippen LogP contribution in [0.2, 0.25) is 0 Å². The minimum absolute atomic E-state index is 0.427. The lowest BCUT2D eigenvalue weighted by Crippen LogP contribution is -2.68. The summed E-state index contributed by atoms with van der Waals surface area (Å²) in [6.45, 7) is -6.98. The maximum absolute atomic E-state index is 11.4. The number of aliphatic hydroxyl groups excluding tert-OH is 21. The average molecular weight is 1190 g/mol. The van der Waals surface area contributed by atoms with Crippen molar-refractivity contribution in [2.24, 2.45) is 5.92 Å². The molecule has 34 heteroatoms. The van der Waals surface area contributed by atoms with Gasteiger partial charge in [-0.3, -0.25) is 0 Å². The van der Waals surface area contributed by atoms with E-state index >= 15 is 0 Å². The molecular formula is C47H80O34. The third kappa shape index (κ3) is 13.5. The number of rotatable bonds is 7. The number of hydrogen-bond donors (Lipinski definition) is 21. The molecule has 0 aromatic carbocycles. The first kappa shape index (κ1) is 65.6. The Morgan fingerprint density at radius 3 is 0.605 bits per heavy atom. The van der Waals surface area contributed by atoms with Crippen LogP contribution in [0.15, 0.2) is 0 Å². The van der Waals surface area contributed by atoms with Gasteiger partial charge in [0.15, 0.2) is 37.7 Å². The summed E-state index contributed by atoms with van der Waals surface area (Å²) in [7, 11) is 0. The zero-order chi connectivity index (χ0) is 58.9. The second-order valence-electron chi connectivity index (χ2n) is 21.6. The van der Waals surface area contributed by atoms with E-state index in [0.717, 1.165) is 0 Å². The zero-order valence-corrected chi connectivity index (χ0v) is 43.4. The average Bonchev–Trinajstić information content (AvgIpc) is 3.52. The van der Waals surface area contributed by atoms with Crippen LogP contribution in [-0.2, 0) is 61.6 Å². The Bertz CT molecular complexity index is 1530. The summed E-state index contributed by atoms with van der Waals surface area (Å²) in [6.07, 6.45) is -61.0. The molecule has 22 rings (SSSR count). The molecule has 35 atom stereocenters. The molecule has 2 aliphatic carbocycles. The molecule has 22 fully saturated rings. The van der Waals surface area contributed by atoms with Gasteiger partial charge in [0.1, 0.15) is 159 Å². The molecule has 35 unspecified atom stereocenters. The van der Waals surface area contributed by atoms with Crippen molar-refractivity contribution < 1.29 is 169 Å². The Hall–Kier alpha value is -1.36. The quantitative estimate of drug-likeness (QED) is 0.113. The first-order valence-electron chi connectivity index (χ1n) is 27.0. The highest BCUT2D eigenvalue weighted by Crippen LogP contribution is 2.40. The van der Waals surface area contributed by atoms with Gasteiger partial charge in [-0.25, -0.2) is 0 Å². The summed E-state index contributed by atoms with van der Waals surface area (Å²) < 4.78 is 74.4. The standard InChI is InChI=1S/C43H72O34.C4H8/c44-2-9-1-10-17(51)18(52)31(9)72-38-26(60)20(54)33(12(4-46)67-38)74-40-28(62)22(56)35(14(6-48)69-40)76-42-30(64)24(58)37(16(8-50)71-42)77-43-29(63)23(57)36(15(7-49)70-43)75-41-27(61)21(55)34(13(5-47)68-41)73-39-25(59)19(53)32(65-10)11(3-45)66-39;1-2-4-3-1/h9-64H,1-8H2;1-4H2. The fraction of sp³-hybridized carbons (Fsp3) is 1.00. The summed E-state index contributed by atoms with van der Waals surface area (Å²) in [4.78, 5) is 0. The second-order valence-corrected chi connectivity index (χ2v) is 21.6. The molecule has 20 aliphatic heterocycles. The predicted molar refractivity (Wildman–Crippen MR) is 250 cm³/mol. The highest BCUT2D eigenvalue weighted by molar-refractivity contribution is 5.02. The van der Waals surface area contributed by atoms with Crippen molar-refractivity contribution in [2.45, 2.75) is 241 Å². The molecule has 20 heterocycles. The van der Waals surface area contributed by atoms with Crippen molar-refractivity contribution in [3.63, 3.8) is 0 Å². The number of hydrogen-bond acceptors (Lipinski definition) is 34. The molecule has 81 heavy (non-hydrogen) atoms. The summed E-state index contributed by atoms with van der Waals surface area (Å²) in [6, 6.07) is 0. The largest absolute Gasteiger partial charge is 0.396 e. The van der Waals surface area contributed by atoms with E-state index in [2.05, 4.69) is 0 Å². The van der Waals surface area contributed by atoms with Crippen molar-refractivity contribution in [3.05, 3.63) is 0 Å². The Labute approximate surface area is 461 Å². The molecule has 21 N–H and O–H groups in total. The molecule has 20 saturated heterocycles. The van der Waals surface area contributed by atoms with Crippen LogP contribution in [0.1, 0.15) is 32.1 Å². The lowest BCUT2D eigenvalue weighted by molar-refractivity contribution is -0.396. The van der Waals surface area contributed by atoms with Gasteiger partial charge in [0.2, 0.25) is 0 Å². The van der Waals surface area contributed by atoms with E-state index in [1.54, 1.807) is 0 Å². The van der Waals surface area contributed by atoms with Gasteiger partial charge in [0, 0.05) is 12.5 Å². The zero-order valence-electron chi connectivity index (χ0n) is 43.4. The highest BCUT2D eigenvalue weighted by atomic mass is 16.8. The van der Waals surface area contributed by atoms with Crippen molar-refractivity contribution in [1.82, 2.24) is 0 Å². The van der Waals surface area contributed by atoms with Crippen molar-refractivity contribution in [1.29, 1.82) is 0 Å². The summed E-state index contributed by atoms with van der Waals surface area (Å²) in [5.74, 6) is -1.23. The smallest absolute Gasteiger partial charge is 0.187 e. The summed E-state index contributed by atoms with van der Waals surface area (Å²) in [5.41, 5.74) is 0. The van der Waals surface area contributed by atoms with Gasteiger partial charge >= 0.3 is 0 Å². The van der Waals surface area contributed by atoms with Crippen LogP contribution in [0.4, 0.5) is 0 Å². The highest BCUT2D eigenvalue weighted by Gasteiger charge is 2.59. The van der Waals surface area contributed by atoms with Crippen LogP contribution < -0.4 is 0 Å². The third-order valence-electron chi connectivity index (χ3n) is 16.3. The normalized spacial score (nSPS) is 53.8. The lowest BCUT2D eigenvalue weighted by Gasteiger charge is -2.50. The molecule has 0 radical (unpaired) electrons. The van der Waals surface area contributed by atoms with E-state index in [1.165, 1.54) is 25.7 Å². The van der Waals surface area contributed by atoms with Crippen LogP contribution in [0, 0.1) is 5.92 Å². The minimum Gasteiger partial charge on any atom is -0.396 e. The van der Waals surface area contributed by atoms with E-state index in [9.17, 15) is 107 Å². The van der Waals surface area contributed by atoms with Crippen LogP contribution in [0.25, 0.3) is 0 Å². The van der Waals surface area contributed by atoms with Gasteiger partial charge < -0.3 is 169 Å². The maximum Gasteiger partial charge on any atom is 0.187 e. The van der Waals surface area contributed by atoms with E-state index in [0.29, 0.717) is 0 Å². The predicted octanol–water partition coefficient (Wildman–Crippen LogP) is -13.0. The van der Waals surface area contributed by atoms with Crippen molar-refractivity contribution in [3.8, 4) is 0 Å². The molecule has 14 bridgehead atoms. The Kier molecular flexibility index (Phi) is 23.2. The Balaban J connectivity index is 0.00000206. The summed E-state index contributed by atoms with van der Waals surface area (Å²) >= 11 is 0. The van der Waals surface area contributed by atoms with Crippen molar-refractivity contribution in [2.75, 3.05) is 46.2 Å². The fourth-order valence-corrected chi connectivity index (χ4v) is 11.2. The van der Waals surface area contributed by atoms with Gasteiger partial charge in [-0.2, -0.15) is 0 Å². The Morgan fingerprint density at radius 1 is 0.210 bits per heavy atom. The van der Waals surface area contributed by atoms with Crippen LogP contribution in [0.3, 0.4) is 0 Å². The monoisotopic (exact) mass is 1190 g/mol. The number of aliphatic hydroxyl groups is 21. The second kappa shape index (κ2) is 28.6. The molecule has 0 amide bonds. The maximum atomic E-state index is 11.4. The first-order valence-corrected chi connectivity index (χ1v) is 27.0. The fourth-order valence-electron chi connectivity index (χ4n) is 11.2. The van der Waals surface area contributed by atoms with Crippen LogP contribution in [-0.4, -0.2) is 362 Å². The first-order chi connectivity index (χ1) is 38.7. The molecule has 34 nitrogen and oxygen atoms in total.